The van der Waals surface area contributed by atoms with E-state index in [0.717, 1.165) is 22.8 Å². The molecule has 0 aromatic carbocycles. The fourth-order valence-electron chi connectivity index (χ4n) is 1.74. The minimum Gasteiger partial charge on any atom is -0.264 e. The molecule has 0 aliphatic rings. The topological polar surface area (TPSA) is 43.1 Å². The summed E-state index contributed by atoms with van der Waals surface area (Å²) in [6.45, 7) is 2.13. The minimum absolute atomic E-state index is 0.429. The lowest BCUT2D eigenvalue weighted by molar-refractivity contribution is 1.07. The zero-order valence-electron chi connectivity index (χ0n) is 9.09. The number of aromatic nitrogens is 4. The molecule has 0 aliphatic heterocycles. The first-order chi connectivity index (χ1) is 8.29. The summed E-state index contributed by atoms with van der Waals surface area (Å²) in [5.74, 6) is 0.830. The Bertz CT molecular complexity index is 673. The molecule has 3 heterocycles. The summed E-state index contributed by atoms with van der Waals surface area (Å²) in [6.07, 6.45) is 2.64. The molecule has 0 unspecified atom stereocenters. The number of nitrogens with zero attached hydrogens (tertiary/aromatic N) is 4. The molecule has 0 saturated heterocycles. The van der Waals surface area contributed by atoms with Gasteiger partial charge in [0.15, 0.2) is 11.5 Å². The molecule has 4 nitrogen and oxygen atoms in total. The molecule has 0 amide bonds. The Hall–Kier alpha value is -1.46. The average Bonchev–Trinajstić information content (AvgIpc) is 2.92. The highest BCUT2D eigenvalue weighted by molar-refractivity contribution is 7.13. The number of rotatable bonds is 2. The highest BCUT2D eigenvalue weighted by atomic mass is 35.5. The quantitative estimate of drug-likeness (QED) is 0.668. The molecule has 0 spiro atoms. The van der Waals surface area contributed by atoms with Crippen LogP contribution >= 0.6 is 22.9 Å². The zero-order chi connectivity index (χ0) is 11.8. The molecule has 3 aromatic rings. The summed E-state index contributed by atoms with van der Waals surface area (Å²) in [4.78, 5) is 5.20. The first kappa shape index (κ1) is 10.7. The van der Waals surface area contributed by atoms with E-state index in [2.05, 4.69) is 33.6 Å². The Balaban J connectivity index is 2.24. The Morgan fingerprint density at radius 3 is 3.12 bits per heavy atom. The molecule has 3 aromatic heterocycles. The fraction of sp³-hybridized carbons (Fsp3) is 0.182. The molecule has 0 bridgehead atoms. The number of thiophene rings is 1. The maximum Gasteiger partial charge on any atom is 0.179 e. The third-order valence-corrected chi connectivity index (χ3v) is 3.76. The molecule has 6 heteroatoms. The number of aryl methyl sites for hydroxylation is 1. The van der Waals surface area contributed by atoms with Gasteiger partial charge in [-0.05, 0) is 23.4 Å². The van der Waals surface area contributed by atoms with Crippen molar-refractivity contribution in [3.8, 4) is 10.7 Å². The third-order valence-electron chi connectivity index (χ3n) is 2.60. The number of halogens is 1. The molecule has 0 aliphatic carbocycles. The van der Waals surface area contributed by atoms with Crippen LogP contribution in [0.1, 0.15) is 12.5 Å². The van der Waals surface area contributed by atoms with Gasteiger partial charge in [0.2, 0.25) is 0 Å². The Morgan fingerprint density at radius 1 is 1.41 bits per heavy atom. The van der Waals surface area contributed by atoms with Gasteiger partial charge in [0, 0.05) is 6.07 Å². The van der Waals surface area contributed by atoms with E-state index >= 15 is 0 Å². The van der Waals surface area contributed by atoms with Crippen molar-refractivity contribution in [3.63, 3.8) is 0 Å². The van der Waals surface area contributed by atoms with E-state index in [0.29, 0.717) is 5.15 Å². The third kappa shape index (κ3) is 1.71. The van der Waals surface area contributed by atoms with Gasteiger partial charge in [-0.25, -0.2) is 4.98 Å². The molecule has 0 N–H and O–H groups in total. The van der Waals surface area contributed by atoms with E-state index in [-0.39, 0.29) is 0 Å². The summed E-state index contributed by atoms with van der Waals surface area (Å²) < 4.78 is 1.86. The van der Waals surface area contributed by atoms with Crippen molar-refractivity contribution in [1.82, 2.24) is 19.6 Å². The molecular weight excluding hydrogens is 256 g/mol. The molecule has 0 atom stereocenters. The Morgan fingerprint density at radius 2 is 2.29 bits per heavy atom. The van der Waals surface area contributed by atoms with Gasteiger partial charge in [0.1, 0.15) is 11.5 Å². The van der Waals surface area contributed by atoms with E-state index in [1.54, 1.807) is 23.7 Å². The van der Waals surface area contributed by atoms with E-state index < -0.39 is 0 Å². The SMILES string of the molecule is CCc1ccsc1-c1nnc2cc(Cl)ncn12. The second-order valence-corrected chi connectivity index (χ2v) is 4.90. The Kier molecular flexibility index (Phi) is 2.57. The average molecular weight is 265 g/mol. The van der Waals surface area contributed by atoms with Crippen LogP contribution in [0.4, 0.5) is 0 Å². The first-order valence-electron chi connectivity index (χ1n) is 5.22. The summed E-state index contributed by atoms with van der Waals surface area (Å²) in [6, 6.07) is 3.82. The van der Waals surface area contributed by atoms with Crippen LogP contribution in [0.2, 0.25) is 5.15 Å². The van der Waals surface area contributed by atoms with Crippen LogP contribution in [-0.2, 0) is 6.42 Å². The summed E-state index contributed by atoms with van der Waals surface area (Å²) >= 11 is 7.49. The predicted molar refractivity (Wildman–Crippen MR) is 68.5 cm³/mol. The van der Waals surface area contributed by atoms with Crippen molar-refractivity contribution in [2.75, 3.05) is 0 Å². The lowest BCUT2D eigenvalue weighted by atomic mass is 10.2. The van der Waals surface area contributed by atoms with Gasteiger partial charge in [-0.15, -0.1) is 21.5 Å². The first-order valence-corrected chi connectivity index (χ1v) is 6.48. The lowest BCUT2D eigenvalue weighted by Crippen LogP contribution is -1.91. The molecule has 3 rings (SSSR count). The van der Waals surface area contributed by atoms with Gasteiger partial charge in [-0.3, -0.25) is 4.40 Å². The van der Waals surface area contributed by atoms with E-state index in [1.807, 2.05) is 4.40 Å². The molecule has 17 heavy (non-hydrogen) atoms. The molecular formula is C11H9ClN4S. The predicted octanol–water partition coefficient (Wildman–Crippen LogP) is 3.07. The van der Waals surface area contributed by atoms with Crippen LogP contribution in [-0.4, -0.2) is 19.6 Å². The van der Waals surface area contributed by atoms with Gasteiger partial charge in [-0.2, -0.15) is 0 Å². The summed E-state index contributed by atoms with van der Waals surface area (Å²) in [5.41, 5.74) is 2.00. The monoisotopic (exact) mass is 264 g/mol. The number of fused-ring (bicyclic) bond motifs is 1. The van der Waals surface area contributed by atoms with Gasteiger partial charge in [0.25, 0.3) is 0 Å². The van der Waals surface area contributed by atoms with Gasteiger partial charge < -0.3 is 0 Å². The molecule has 0 radical (unpaired) electrons. The summed E-state index contributed by atoms with van der Waals surface area (Å²) in [7, 11) is 0. The van der Waals surface area contributed by atoms with Crippen LogP contribution in [0.15, 0.2) is 23.8 Å². The maximum atomic E-state index is 5.82. The van der Waals surface area contributed by atoms with Crippen molar-refractivity contribution >= 4 is 28.6 Å². The van der Waals surface area contributed by atoms with Gasteiger partial charge in [0.05, 0.1) is 4.88 Å². The second kappa shape index (κ2) is 4.09. The second-order valence-electron chi connectivity index (χ2n) is 3.59. The van der Waals surface area contributed by atoms with Gasteiger partial charge in [-0.1, -0.05) is 18.5 Å². The smallest absolute Gasteiger partial charge is 0.179 e. The van der Waals surface area contributed by atoms with Crippen LogP contribution in [0.25, 0.3) is 16.3 Å². The van der Waals surface area contributed by atoms with Crippen LogP contribution in [0.3, 0.4) is 0 Å². The van der Waals surface area contributed by atoms with E-state index in [4.69, 9.17) is 11.6 Å². The van der Waals surface area contributed by atoms with Crippen molar-refractivity contribution < 1.29 is 0 Å². The number of hydrogen-bond acceptors (Lipinski definition) is 4. The normalized spacial score (nSPS) is 11.2. The molecule has 86 valence electrons. The van der Waals surface area contributed by atoms with E-state index in [1.165, 1.54) is 5.56 Å². The lowest BCUT2D eigenvalue weighted by Gasteiger charge is -1.99. The Labute approximate surface area is 107 Å². The van der Waals surface area contributed by atoms with Crippen LogP contribution < -0.4 is 0 Å². The zero-order valence-corrected chi connectivity index (χ0v) is 10.7. The highest BCUT2D eigenvalue weighted by Crippen LogP contribution is 2.28. The van der Waals surface area contributed by atoms with Crippen molar-refractivity contribution in [1.29, 1.82) is 0 Å². The largest absolute Gasteiger partial charge is 0.264 e. The summed E-state index contributed by atoms with van der Waals surface area (Å²) in [5, 5.41) is 10.8. The molecule has 0 saturated carbocycles. The van der Waals surface area contributed by atoms with Crippen molar-refractivity contribution in [2.45, 2.75) is 13.3 Å². The van der Waals surface area contributed by atoms with E-state index in [9.17, 15) is 0 Å². The van der Waals surface area contributed by atoms with Crippen molar-refractivity contribution in [2.24, 2.45) is 0 Å². The highest BCUT2D eigenvalue weighted by Gasteiger charge is 2.13. The molecule has 0 fully saturated rings. The van der Waals surface area contributed by atoms with Crippen LogP contribution in [0, 0.1) is 0 Å². The minimum atomic E-state index is 0.429. The van der Waals surface area contributed by atoms with Crippen molar-refractivity contribution in [3.05, 3.63) is 34.6 Å². The standard InChI is InChI=1S/C11H9ClN4S/c1-2-7-3-4-17-10(7)11-15-14-9-5-8(12)13-6-16(9)11/h3-6H,2H2,1H3. The number of hydrogen-bond donors (Lipinski definition) is 0. The maximum absolute atomic E-state index is 5.82. The van der Waals surface area contributed by atoms with Crippen LogP contribution in [0.5, 0.6) is 0 Å². The van der Waals surface area contributed by atoms with Gasteiger partial charge >= 0.3 is 0 Å². The fourth-order valence-corrected chi connectivity index (χ4v) is 2.86.